The van der Waals surface area contributed by atoms with Gasteiger partial charge in [-0.3, -0.25) is 0 Å². The number of benzene rings is 4. The molecule has 0 fully saturated rings. The van der Waals surface area contributed by atoms with Gasteiger partial charge in [0.1, 0.15) is 11.2 Å². The maximum Gasteiger partial charge on any atom is 0.143 e. The van der Waals surface area contributed by atoms with E-state index in [1.54, 1.807) is 0 Å². The standard InChI is InChI=1S/C20H12O/c1-2-6-14-12-18-15(11-13(14)5-1)9-10-17-16-7-3-4-8-19(16)21-20(17)18/h1-12H. The molecule has 0 aliphatic rings. The molecule has 0 spiro atoms. The fraction of sp³-hybridized carbons (Fsp3) is 0. The van der Waals surface area contributed by atoms with Crippen LogP contribution in [0.3, 0.4) is 0 Å². The van der Waals surface area contributed by atoms with E-state index in [9.17, 15) is 0 Å². The second kappa shape index (κ2) is 3.86. The van der Waals surface area contributed by atoms with Gasteiger partial charge in [-0.1, -0.05) is 48.5 Å². The highest BCUT2D eigenvalue weighted by molar-refractivity contribution is 6.17. The highest BCUT2D eigenvalue weighted by Gasteiger charge is 2.10. The van der Waals surface area contributed by atoms with Gasteiger partial charge in [-0.05, 0) is 40.4 Å². The fourth-order valence-corrected chi connectivity index (χ4v) is 3.20. The third-order valence-electron chi connectivity index (χ3n) is 4.23. The smallest absolute Gasteiger partial charge is 0.143 e. The maximum absolute atomic E-state index is 6.11. The second-order valence-corrected chi connectivity index (χ2v) is 5.46. The summed E-state index contributed by atoms with van der Waals surface area (Å²) in [6.07, 6.45) is 0. The number of furan rings is 1. The summed E-state index contributed by atoms with van der Waals surface area (Å²) in [7, 11) is 0. The first-order chi connectivity index (χ1) is 10.4. The first-order valence-electron chi connectivity index (χ1n) is 7.13. The molecule has 0 aliphatic carbocycles. The third-order valence-corrected chi connectivity index (χ3v) is 4.23. The van der Waals surface area contributed by atoms with Gasteiger partial charge in [0.05, 0.1) is 0 Å². The third kappa shape index (κ3) is 1.46. The van der Waals surface area contributed by atoms with E-state index in [1.165, 1.54) is 32.3 Å². The van der Waals surface area contributed by atoms with Gasteiger partial charge in [0.15, 0.2) is 0 Å². The molecule has 0 bridgehead atoms. The second-order valence-electron chi connectivity index (χ2n) is 5.46. The van der Waals surface area contributed by atoms with E-state index in [1.807, 2.05) is 12.1 Å². The first kappa shape index (κ1) is 10.9. The number of para-hydroxylation sites is 1. The monoisotopic (exact) mass is 268 g/mol. The SMILES string of the molecule is c1ccc2cc3c(ccc4c5ccccc5oc34)cc2c1. The molecule has 0 saturated heterocycles. The van der Waals surface area contributed by atoms with Crippen LogP contribution in [0, 0.1) is 0 Å². The molecule has 5 rings (SSSR count). The molecule has 4 aromatic carbocycles. The molecule has 0 saturated carbocycles. The van der Waals surface area contributed by atoms with Crippen LogP contribution in [0.1, 0.15) is 0 Å². The van der Waals surface area contributed by atoms with Crippen LogP contribution in [0.2, 0.25) is 0 Å². The summed E-state index contributed by atoms with van der Waals surface area (Å²) in [5, 5.41) is 7.29. The molecule has 0 unspecified atom stereocenters. The molecule has 1 heteroatoms. The fourth-order valence-electron chi connectivity index (χ4n) is 3.20. The predicted octanol–water partition coefficient (Wildman–Crippen LogP) is 5.89. The Kier molecular flexibility index (Phi) is 2.01. The van der Waals surface area contributed by atoms with Crippen molar-refractivity contribution >= 4 is 43.5 Å². The summed E-state index contributed by atoms with van der Waals surface area (Å²) < 4.78 is 6.11. The lowest BCUT2D eigenvalue weighted by molar-refractivity contribution is 0.672. The zero-order valence-electron chi connectivity index (χ0n) is 11.3. The average Bonchev–Trinajstić information content (AvgIpc) is 2.92. The topological polar surface area (TPSA) is 13.1 Å². The zero-order valence-corrected chi connectivity index (χ0v) is 11.3. The van der Waals surface area contributed by atoms with Gasteiger partial charge >= 0.3 is 0 Å². The Morgan fingerprint density at radius 1 is 0.524 bits per heavy atom. The van der Waals surface area contributed by atoms with E-state index in [-0.39, 0.29) is 0 Å². The Morgan fingerprint density at radius 2 is 1.29 bits per heavy atom. The van der Waals surface area contributed by atoms with Crippen molar-refractivity contribution in [2.24, 2.45) is 0 Å². The van der Waals surface area contributed by atoms with E-state index in [2.05, 4.69) is 60.7 Å². The number of hydrogen-bond donors (Lipinski definition) is 0. The lowest BCUT2D eigenvalue weighted by Gasteiger charge is -2.02. The molecule has 98 valence electrons. The Balaban J connectivity index is 2.05. The summed E-state index contributed by atoms with van der Waals surface area (Å²) in [6.45, 7) is 0. The van der Waals surface area contributed by atoms with Crippen LogP contribution in [0.5, 0.6) is 0 Å². The molecule has 1 nitrogen and oxygen atoms in total. The van der Waals surface area contributed by atoms with Crippen LogP contribution in [-0.4, -0.2) is 0 Å². The Bertz CT molecular complexity index is 1130. The molecular formula is C20H12O. The van der Waals surface area contributed by atoms with Crippen LogP contribution in [0.15, 0.2) is 77.2 Å². The van der Waals surface area contributed by atoms with Gasteiger partial charge in [-0.15, -0.1) is 0 Å². The van der Waals surface area contributed by atoms with Crippen molar-refractivity contribution in [3.63, 3.8) is 0 Å². The molecule has 21 heavy (non-hydrogen) atoms. The van der Waals surface area contributed by atoms with Crippen LogP contribution in [0.25, 0.3) is 43.5 Å². The van der Waals surface area contributed by atoms with Crippen molar-refractivity contribution in [2.45, 2.75) is 0 Å². The van der Waals surface area contributed by atoms with E-state index in [0.717, 1.165) is 11.2 Å². The van der Waals surface area contributed by atoms with Crippen molar-refractivity contribution in [1.82, 2.24) is 0 Å². The molecule has 5 aromatic rings. The van der Waals surface area contributed by atoms with Gasteiger partial charge < -0.3 is 4.42 Å². The van der Waals surface area contributed by atoms with Crippen LogP contribution in [-0.2, 0) is 0 Å². The summed E-state index contributed by atoms with van der Waals surface area (Å²) >= 11 is 0. The minimum absolute atomic E-state index is 0.952. The molecule has 0 N–H and O–H groups in total. The van der Waals surface area contributed by atoms with Crippen LogP contribution in [0.4, 0.5) is 0 Å². The Labute approximate surface area is 121 Å². The predicted molar refractivity (Wildman–Crippen MR) is 88.7 cm³/mol. The Hall–Kier alpha value is -2.80. The molecule has 0 amide bonds. The minimum atomic E-state index is 0.952. The number of hydrogen-bond acceptors (Lipinski definition) is 1. The van der Waals surface area contributed by atoms with Gasteiger partial charge in [-0.2, -0.15) is 0 Å². The van der Waals surface area contributed by atoms with Crippen molar-refractivity contribution in [3.05, 3.63) is 72.8 Å². The molecular weight excluding hydrogens is 256 g/mol. The van der Waals surface area contributed by atoms with E-state index < -0.39 is 0 Å². The largest absolute Gasteiger partial charge is 0.455 e. The summed E-state index contributed by atoms with van der Waals surface area (Å²) in [4.78, 5) is 0. The van der Waals surface area contributed by atoms with Gasteiger partial charge in [0.25, 0.3) is 0 Å². The highest BCUT2D eigenvalue weighted by atomic mass is 16.3. The average molecular weight is 268 g/mol. The van der Waals surface area contributed by atoms with Crippen molar-refractivity contribution in [3.8, 4) is 0 Å². The minimum Gasteiger partial charge on any atom is -0.455 e. The lowest BCUT2D eigenvalue weighted by atomic mass is 10.0. The van der Waals surface area contributed by atoms with E-state index in [0.29, 0.717) is 0 Å². The van der Waals surface area contributed by atoms with Crippen LogP contribution < -0.4 is 0 Å². The summed E-state index contributed by atoms with van der Waals surface area (Å²) in [6, 6.07) is 25.5. The van der Waals surface area contributed by atoms with E-state index >= 15 is 0 Å². The van der Waals surface area contributed by atoms with Crippen molar-refractivity contribution < 1.29 is 4.42 Å². The molecule has 1 heterocycles. The molecule has 1 aromatic heterocycles. The van der Waals surface area contributed by atoms with Crippen molar-refractivity contribution in [1.29, 1.82) is 0 Å². The van der Waals surface area contributed by atoms with Gasteiger partial charge in [-0.25, -0.2) is 0 Å². The molecule has 0 aliphatic heterocycles. The molecule has 0 radical (unpaired) electrons. The summed E-state index contributed by atoms with van der Waals surface area (Å²) in [5.41, 5.74) is 1.94. The van der Waals surface area contributed by atoms with Crippen molar-refractivity contribution in [2.75, 3.05) is 0 Å². The summed E-state index contributed by atoms with van der Waals surface area (Å²) in [5.74, 6) is 0. The molecule has 0 atom stereocenters. The lowest BCUT2D eigenvalue weighted by Crippen LogP contribution is -1.77. The highest BCUT2D eigenvalue weighted by Crippen LogP contribution is 2.35. The van der Waals surface area contributed by atoms with E-state index in [4.69, 9.17) is 4.42 Å². The normalized spacial score (nSPS) is 11.8. The number of fused-ring (bicyclic) bond motifs is 6. The quantitative estimate of drug-likeness (QED) is 0.319. The maximum atomic E-state index is 6.11. The van der Waals surface area contributed by atoms with Gasteiger partial charge in [0, 0.05) is 16.2 Å². The Morgan fingerprint density at radius 3 is 2.19 bits per heavy atom. The van der Waals surface area contributed by atoms with Gasteiger partial charge in [0.2, 0.25) is 0 Å². The van der Waals surface area contributed by atoms with Crippen LogP contribution >= 0.6 is 0 Å². The first-order valence-corrected chi connectivity index (χ1v) is 7.13. The zero-order chi connectivity index (χ0) is 13.8. The number of rotatable bonds is 0.